The molecule has 2 aromatic heterocycles. The Morgan fingerprint density at radius 3 is 2.65 bits per heavy atom. The summed E-state index contributed by atoms with van der Waals surface area (Å²) < 4.78 is 1.88. The summed E-state index contributed by atoms with van der Waals surface area (Å²) in [5.74, 6) is 0. The van der Waals surface area contributed by atoms with E-state index in [0.29, 0.717) is 6.04 Å². The molecule has 0 amide bonds. The zero-order chi connectivity index (χ0) is 14.7. The average molecular weight is 313 g/mol. The van der Waals surface area contributed by atoms with Crippen molar-refractivity contribution in [2.75, 3.05) is 6.54 Å². The highest BCUT2D eigenvalue weighted by atomic mass is 35.5. The summed E-state index contributed by atoms with van der Waals surface area (Å²) in [7, 11) is 1.95. The van der Waals surface area contributed by atoms with Gasteiger partial charge >= 0.3 is 0 Å². The van der Waals surface area contributed by atoms with Crippen molar-refractivity contribution in [2.45, 2.75) is 39.7 Å². The number of rotatable bonds is 6. The number of nitrogens with zero attached hydrogens (tertiary/aromatic N) is 3. The van der Waals surface area contributed by atoms with Crippen molar-refractivity contribution in [2.24, 2.45) is 7.05 Å². The first-order chi connectivity index (χ1) is 9.51. The average Bonchev–Trinajstić information content (AvgIpc) is 2.89. The molecule has 0 saturated carbocycles. The zero-order valence-corrected chi connectivity index (χ0v) is 14.0. The van der Waals surface area contributed by atoms with Gasteiger partial charge in [-0.25, -0.2) is 4.98 Å². The van der Waals surface area contributed by atoms with Crippen LogP contribution in [-0.2, 0) is 19.9 Å². The quantitative estimate of drug-likeness (QED) is 0.892. The Balaban J connectivity index is 2.12. The van der Waals surface area contributed by atoms with Crippen LogP contribution in [0.15, 0.2) is 5.38 Å². The molecule has 6 heteroatoms. The first kappa shape index (κ1) is 15.5. The Kier molecular flexibility index (Phi) is 5.18. The Hall–Kier alpha value is -0.910. The van der Waals surface area contributed by atoms with E-state index in [0.717, 1.165) is 41.5 Å². The summed E-state index contributed by atoms with van der Waals surface area (Å²) in [6.07, 6.45) is 1.79. The van der Waals surface area contributed by atoms with E-state index in [1.165, 1.54) is 5.01 Å². The van der Waals surface area contributed by atoms with Crippen LogP contribution >= 0.6 is 22.9 Å². The van der Waals surface area contributed by atoms with Gasteiger partial charge in [-0.2, -0.15) is 5.10 Å². The molecule has 110 valence electrons. The topological polar surface area (TPSA) is 42.7 Å². The molecule has 0 fully saturated rings. The van der Waals surface area contributed by atoms with Gasteiger partial charge in [0.25, 0.3) is 0 Å². The van der Waals surface area contributed by atoms with E-state index in [2.05, 4.69) is 27.7 Å². The highest BCUT2D eigenvalue weighted by Gasteiger charge is 2.18. The predicted molar refractivity (Wildman–Crippen MR) is 84.7 cm³/mol. The molecule has 0 aliphatic carbocycles. The molecule has 20 heavy (non-hydrogen) atoms. The Labute approximate surface area is 129 Å². The molecule has 0 radical (unpaired) electrons. The lowest BCUT2D eigenvalue weighted by Gasteiger charge is -2.17. The lowest BCUT2D eigenvalue weighted by Crippen LogP contribution is -2.33. The minimum absolute atomic E-state index is 0.331. The third-order valence-corrected chi connectivity index (χ3v) is 4.76. The Morgan fingerprint density at radius 2 is 2.15 bits per heavy atom. The lowest BCUT2D eigenvalue weighted by atomic mass is 10.1. The van der Waals surface area contributed by atoms with E-state index in [1.807, 2.05) is 25.6 Å². The van der Waals surface area contributed by atoms with E-state index < -0.39 is 0 Å². The first-order valence-electron chi connectivity index (χ1n) is 6.83. The van der Waals surface area contributed by atoms with Crippen LogP contribution in [0.2, 0.25) is 5.02 Å². The molecule has 1 atom stereocenters. The number of likely N-dealkylation sites (N-methyl/N-ethyl adjacent to an activating group) is 1. The van der Waals surface area contributed by atoms with Gasteiger partial charge in [-0.1, -0.05) is 18.5 Å². The van der Waals surface area contributed by atoms with Crippen molar-refractivity contribution in [3.8, 4) is 0 Å². The molecule has 0 aliphatic heterocycles. The minimum Gasteiger partial charge on any atom is -0.313 e. The largest absolute Gasteiger partial charge is 0.313 e. The van der Waals surface area contributed by atoms with Crippen LogP contribution in [-0.4, -0.2) is 27.4 Å². The van der Waals surface area contributed by atoms with Crippen LogP contribution in [0, 0.1) is 13.8 Å². The summed E-state index contributed by atoms with van der Waals surface area (Å²) in [6, 6.07) is 0.331. The second kappa shape index (κ2) is 6.70. The predicted octanol–water partition coefficient (Wildman–Crippen LogP) is 2.91. The smallest absolute Gasteiger partial charge is 0.0943 e. The summed E-state index contributed by atoms with van der Waals surface area (Å²) in [5, 5.41) is 11.9. The van der Waals surface area contributed by atoms with Gasteiger partial charge in [0.1, 0.15) is 0 Å². The third-order valence-electron chi connectivity index (χ3n) is 3.28. The van der Waals surface area contributed by atoms with Crippen LogP contribution in [0.3, 0.4) is 0 Å². The Bertz CT molecular complexity index is 576. The number of thiazole rings is 1. The summed E-state index contributed by atoms with van der Waals surface area (Å²) in [5.41, 5.74) is 3.07. The number of aromatic nitrogens is 3. The van der Waals surface area contributed by atoms with Crippen LogP contribution in [0.1, 0.15) is 29.0 Å². The van der Waals surface area contributed by atoms with Crippen LogP contribution in [0.25, 0.3) is 0 Å². The van der Waals surface area contributed by atoms with E-state index in [-0.39, 0.29) is 0 Å². The maximum Gasteiger partial charge on any atom is 0.0943 e. The lowest BCUT2D eigenvalue weighted by molar-refractivity contribution is 0.503. The van der Waals surface area contributed by atoms with Gasteiger partial charge in [0.15, 0.2) is 0 Å². The fraction of sp³-hybridized carbons (Fsp3) is 0.571. The molecule has 0 bridgehead atoms. The molecular formula is C14H21ClN4S. The molecule has 4 nitrogen and oxygen atoms in total. The van der Waals surface area contributed by atoms with Crippen LogP contribution < -0.4 is 5.32 Å². The van der Waals surface area contributed by atoms with Crippen molar-refractivity contribution in [1.29, 1.82) is 0 Å². The van der Waals surface area contributed by atoms with Gasteiger partial charge in [0.2, 0.25) is 0 Å². The van der Waals surface area contributed by atoms with Gasteiger partial charge in [-0.3, -0.25) is 4.68 Å². The van der Waals surface area contributed by atoms with Crippen molar-refractivity contribution in [3.63, 3.8) is 0 Å². The van der Waals surface area contributed by atoms with E-state index >= 15 is 0 Å². The number of halogens is 1. The van der Waals surface area contributed by atoms with Gasteiger partial charge in [0.05, 0.1) is 21.4 Å². The summed E-state index contributed by atoms with van der Waals surface area (Å²) in [4.78, 5) is 4.55. The van der Waals surface area contributed by atoms with Crippen LogP contribution in [0.5, 0.6) is 0 Å². The standard InChI is InChI=1S/C14H21ClN4S/c1-5-16-11(7-13-17-9(2)8-20-13)6-12-14(15)10(3)18-19(12)4/h8,11,16H,5-7H2,1-4H3. The maximum absolute atomic E-state index is 6.34. The molecule has 0 saturated heterocycles. The van der Waals surface area contributed by atoms with Crippen molar-refractivity contribution in [3.05, 3.63) is 32.5 Å². The molecule has 2 rings (SSSR count). The fourth-order valence-electron chi connectivity index (χ4n) is 2.35. The molecule has 1 unspecified atom stereocenters. The van der Waals surface area contributed by atoms with Crippen molar-refractivity contribution < 1.29 is 0 Å². The van der Waals surface area contributed by atoms with E-state index in [4.69, 9.17) is 11.6 Å². The van der Waals surface area contributed by atoms with Crippen LogP contribution in [0.4, 0.5) is 0 Å². The zero-order valence-electron chi connectivity index (χ0n) is 12.4. The molecule has 0 aromatic carbocycles. The van der Waals surface area contributed by atoms with E-state index in [1.54, 1.807) is 11.3 Å². The molecular weight excluding hydrogens is 292 g/mol. The second-order valence-corrected chi connectivity index (χ2v) is 6.34. The second-order valence-electron chi connectivity index (χ2n) is 5.02. The fourth-order valence-corrected chi connectivity index (χ4v) is 3.44. The van der Waals surface area contributed by atoms with Gasteiger partial charge in [-0.05, 0) is 20.4 Å². The molecule has 0 spiro atoms. The summed E-state index contributed by atoms with van der Waals surface area (Å²) >= 11 is 8.06. The SMILES string of the molecule is CCNC(Cc1nc(C)cs1)Cc1c(Cl)c(C)nn1C. The van der Waals surface area contributed by atoms with E-state index in [9.17, 15) is 0 Å². The highest BCUT2D eigenvalue weighted by molar-refractivity contribution is 7.09. The molecule has 2 heterocycles. The Morgan fingerprint density at radius 1 is 1.40 bits per heavy atom. The maximum atomic E-state index is 6.34. The number of aryl methyl sites for hydroxylation is 3. The van der Waals surface area contributed by atoms with Crippen molar-refractivity contribution in [1.82, 2.24) is 20.1 Å². The first-order valence-corrected chi connectivity index (χ1v) is 8.09. The van der Waals surface area contributed by atoms with Gasteiger partial charge < -0.3 is 5.32 Å². The molecule has 1 N–H and O–H groups in total. The van der Waals surface area contributed by atoms with Gasteiger partial charge in [0, 0.05) is 37.0 Å². The minimum atomic E-state index is 0.331. The number of hydrogen-bond donors (Lipinski definition) is 1. The molecule has 2 aromatic rings. The monoisotopic (exact) mass is 312 g/mol. The molecule has 0 aliphatic rings. The third kappa shape index (κ3) is 3.59. The highest BCUT2D eigenvalue weighted by Crippen LogP contribution is 2.22. The number of hydrogen-bond acceptors (Lipinski definition) is 4. The van der Waals surface area contributed by atoms with Crippen molar-refractivity contribution >= 4 is 22.9 Å². The summed E-state index contributed by atoms with van der Waals surface area (Å²) in [6.45, 7) is 7.03. The normalized spacial score (nSPS) is 12.8. The number of nitrogens with one attached hydrogen (secondary N) is 1. The van der Waals surface area contributed by atoms with Gasteiger partial charge in [-0.15, -0.1) is 11.3 Å².